The fourth-order valence-corrected chi connectivity index (χ4v) is 2.76. The summed E-state index contributed by atoms with van der Waals surface area (Å²) in [5.74, 6) is 0.0761. The molecule has 108 valence electrons. The van der Waals surface area contributed by atoms with Crippen LogP contribution in [0.25, 0.3) is 0 Å². The van der Waals surface area contributed by atoms with Gasteiger partial charge < -0.3 is 10.2 Å². The number of carbonyl (C=O) groups is 1. The molecule has 1 N–H and O–H groups in total. The molecule has 0 radical (unpaired) electrons. The van der Waals surface area contributed by atoms with Crippen LogP contribution < -0.4 is 5.32 Å². The second-order valence-electron chi connectivity index (χ2n) is 5.56. The molecule has 2 aromatic carbocycles. The number of benzene rings is 2. The Kier molecular flexibility index (Phi) is 4.02. The van der Waals surface area contributed by atoms with Gasteiger partial charge in [0.05, 0.1) is 0 Å². The molecule has 0 atom stereocenters. The first-order valence-corrected chi connectivity index (χ1v) is 7.36. The molecule has 0 saturated heterocycles. The van der Waals surface area contributed by atoms with Crippen LogP contribution >= 0.6 is 0 Å². The highest BCUT2D eigenvalue weighted by Crippen LogP contribution is 2.17. The molecule has 0 aliphatic carbocycles. The van der Waals surface area contributed by atoms with Crippen molar-refractivity contribution in [3.63, 3.8) is 0 Å². The molecule has 1 aliphatic rings. The molecule has 1 aliphatic heterocycles. The highest BCUT2D eigenvalue weighted by molar-refractivity contribution is 5.94. The number of hydrogen-bond donors (Lipinski definition) is 1. The van der Waals surface area contributed by atoms with Gasteiger partial charge in [-0.1, -0.05) is 36.4 Å². The van der Waals surface area contributed by atoms with Gasteiger partial charge in [-0.05, 0) is 41.8 Å². The Morgan fingerprint density at radius 3 is 2.76 bits per heavy atom. The van der Waals surface area contributed by atoms with Gasteiger partial charge in [-0.2, -0.15) is 0 Å². The van der Waals surface area contributed by atoms with Crippen molar-refractivity contribution in [1.82, 2.24) is 10.2 Å². The van der Waals surface area contributed by atoms with Gasteiger partial charge in [-0.25, -0.2) is 0 Å². The molecule has 0 spiro atoms. The van der Waals surface area contributed by atoms with E-state index in [1.807, 2.05) is 49.5 Å². The number of fused-ring (bicyclic) bond motifs is 1. The Bertz CT molecular complexity index is 637. The number of nitrogens with zero attached hydrogens (tertiary/aromatic N) is 1. The van der Waals surface area contributed by atoms with Gasteiger partial charge in [0.2, 0.25) is 0 Å². The fourth-order valence-electron chi connectivity index (χ4n) is 2.76. The number of nitrogens with one attached hydrogen (secondary N) is 1. The minimum atomic E-state index is 0.0761. The van der Waals surface area contributed by atoms with Crippen molar-refractivity contribution in [2.24, 2.45) is 0 Å². The Morgan fingerprint density at radius 1 is 1.14 bits per heavy atom. The van der Waals surface area contributed by atoms with Gasteiger partial charge in [0, 0.05) is 25.7 Å². The van der Waals surface area contributed by atoms with Crippen molar-refractivity contribution >= 4 is 5.91 Å². The van der Waals surface area contributed by atoms with E-state index < -0.39 is 0 Å². The summed E-state index contributed by atoms with van der Waals surface area (Å²) >= 11 is 0. The lowest BCUT2D eigenvalue weighted by atomic mass is 9.98. The fraction of sp³-hybridized carbons (Fsp3) is 0.278. The minimum Gasteiger partial charge on any atom is -0.337 e. The van der Waals surface area contributed by atoms with Crippen LogP contribution in [0.4, 0.5) is 0 Å². The number of rotatable bonds is 3. The highest BCUT2D eigenvalue weighted by atomic mass is 16.2. The van der Waals surface area contributed by atoms with E-state index in [2.05, 4.69) is 11.4 Å². The predicted octanol–water partition coefficient (Wildman–Crippen LogP) is 2.60. The van der Waals surface area contributed by atoms with Crippen LogP contribution in [0.1, 0.15) is 27.0 Å². The van der Waals surface area contributed by atoms with Crippen LogP contribution in [-0.4, -0.2) is 24.4 Å². The SMILES string of the molecule is CN(Cc1ccccc1)C(=O)c1ccc2c(c1)CNCC2. The van der Waals surface area contributed by atoms with Gasteiger partial charge in [0.25, 0.3) is 5.91 Å². The molecule has 2 aromatic rings. The zero-order valence-corrected chi connectivity index (χ0v) is 12.3. The summed E-state index contributed by atoms with van der Waals surface area (Å²) in [7, 11) is 1.85. The molecule has 1 heterocycles. The summed E-state index contributed by atoms with van der Waals surface area (Å²) < 4.78 is 0. The Balaban J connectivity index is 1.75. The van der Waals surface area contributed by atoms with Gasteiger partial charge in [-0.3, -0.25) is 4.79 Å². The van der Waals surface area contributed by atoms with Gasteiger partial charge >= 0.3 is 0 Å². The highest BCUT2D eigenvalue weighted by Gasteiger charge is 2.15. The zero-order valence-electron chi connectivity index (χ0n) is 12.3. The normalized spacial score (nSPS) is 13.6. The largest absolute Gasteiger partial charge is 0.337 e. The molecule has 0 aromatic heterocycles. The third-order valence-electron chi connectivity index (χ3n) is 3.95. The summed E-state index contributed by atoms with van der Waals surface area (Å²) in [6, 6.07) is 16.2. The van der Waals surface area contributed by atoms with Crippen LogP contribution in [-0.2, 0) is 19.5 Å². The lowest BCUT2D eigenvalue weighted by Gasteiger charge is -2.20. The van der Waals surface area contributed by atoms with E-state index in [-0.39, 0.29) is 5.91 Å². The van der Waals surface area contributed by atoms with E-state index >= 15 is 0 Å². The molecular formula is C18H20N2O. The maximum atomic E-state index is 12.5. The van der Waals surface area contributed by atoms with Crippen molar-refractivity contribution in [1.29, 1.82) is 0 Å². The van der Waals surface area contributed by atoms with Crippen molar-refractivity contribution in [2.75, 3.05) is 13.6 Å². The third-order valence-corrected chi connectivity index (χ3v) is 3.95. The van der Waals surface area contributed by atoms with Gasteiger partial charge in [0.1, 0.15) is 0 Å². The molecule has 0 unspecified atom stereocenters. The minimum absolute atomic E-state index is 0.0761. The van der Waals surface area contributed by atoms with Gasteiger partial charge in [0.15, 0.2) is 0 Å². The van der Waals surface area contributed by atoms with Crippen molar-refractivity contribution in [3.8, 4) is 0 Å². The predicted molar refractivity (Wildman–Crippen MR) is 84.1 cm³/mol. The van der Waals surface area contributed by atoms with E-state index in [1.54, 1.807) is 4.90 Å². The first-order chi connectivity index (χ1) is 10.2. The maximum Gasteiger partial charge on any atom is 0.253 e. The van der Waals surface area contributed by atoms with Crippen LogP contribution in [0.3, 0.4) is 0 Å². The van der Waals surface area contributed by atoms with Crippen LogP contribution in [0, 0.1) is 0 Å². The Morgan fingerprint density at radius 2 is 1.95 bits per heavy atom. The lowest BCUT2D eigenvalue weighted by molar-refractivity contribution is 0.0785. The molecule has 3 nitrogen and oxygen atoms in total. The van der Waals surface area contributed by atoms with Crippen LogP contribution in [0.2, 0.25) is 0 Å². The molecule has 0 saturated carbocycles. The van der Waals surface area contributed by atoms with E-state index in [1.165, 1.54) is 11.1 Å². The number of hydrogen-bond acceptors (Lipinski definition) is 2. The van der Waals surface area contributed by atoms with Crippen molar-refractivity contribution in [2.45, 2.75) is 19.5 Å². The molecule has 3 rings (SSSR count). The second-order valence-corrected chi connectivity index (χ2v) is 5.56. The summed E-state index contributed by atoms with van der Waals surface area (Å²) in [5, 5.41) is 3.35. The summed E-state index contributed by atoms with van der Waals surface area (Å²) in [6.45, 7) is 2.52. The summed E-state index contributed by atoms with van der Waals surface area (Å²) in [5.41, 5.74) is 4.53. The smallest absolute Gasteiger partial charge is 0.253 e. The lowest BCUT2D eigenvalue weighted by Crippen LogP contribution is -2.28. The summed E-state index contributed by atoms with van der Waals surface area (Å²) in [4.78, 5) is 14.3. The number of carbonyl (C=O) groups excluding carboxylic acids is 1. The first kappa shape index (κ1) is 13.8. The molecule has 21 heavy (non-hydrogen) atoms. The first-order valence-electron chi connectivity index (χ1n) is 7.36. The van der Waals surface area contributed by atoms with Crippen LogP contribution in [0.5, 0.6) is 0 Å². The number of amides is 1. The second kappa shape index (κ2) is 6.10. The van der Waals surface area contributed by atoms with Crippen molar-refractivity contribution in [3.05, 3.63) is 70.8 Å². The molecular weight excluding hydrogens is 260 g/mol. The van der Waals surface area contributed by atoms with Crippen LogP contribution in [0.15, 0.2) is 48.5 Å². The van der Waals surface area contributed by atoms with E-state index in [0.717, 1.165) is 30.6 Å². The standard InChI is InChI=1S/C18H20N2O/c1-20(13-14-5-3-2-4-6-14)18(21)16-8-7-15-9-10-19-12-17(15)11-16/h2-8,11,19H,9-10,12-13H2,1H3. The third kappa shape index (κ3) is 3.14. The van der Waals surface area contributed by atoms with E-state index in [9.17, 15) is 4.79 Å². The average molecular weight is 280 g/mol. The zero-order chi connectivity index (χ0) is 14.7. The topological polar surface area (TPSA) is 32.3 Å². The molecule has 0 bridgehead atoms. The van der Waals surface area contributed by atoms with E-state index in [0.29, 0.717) is 6.54 Å². The molecule has 3 heteroatoms. The van der Waals surface area contributed by atoms with E-state index in [4.69, 9.17) is 0 Å². The Labute approximate surface area is 125 Å². The maximum absolute atomic E-state index is 12.5. The van der Waals surface area contributed by atoms with Gasteiger partial charge in [-0.15, -0.1) is 0 Å². The average Bonchev–Trinajstić information content (AvgIpc) is 2.54. The Hall–Kier alpha value is -2.13. The molecule has 1 amide bonds. The van der Waals surface area contributed by atoms with Crippen molar-refractivity contribution < 1.29 is 4.79 Å². The molecule has 0 fully saturated rings. The monoisotopic (exact) mass is 280 g/mol. The quantitative estimate of drug-likeness (QED) is 0.937. The summed E-state index contributed by atoms with van der Waals surface area (Å²) in [6.07, 6.45) is 1.05.